The van der Waals surface area contributed by atoms with Gasteiger partial charge in [0.25, 0.3) is 0 Å². The molecule has 130 valence electrons. The lowest BCUT2D eigenvalue weighted by molar-refractivity contribution is 0.126. The standard InChI is InChI=1S/C18H21N5O2/c1-25-15-8-12(9-19-10-15)16-11-20-23-7-6-17(22-18(16)23)21-13-2-4-14(24)5-3-13/h6-11,13-14,24H,2-5H2,1H3,(H,21,22). The molecule has 1 saturated carbocycles. The Morgan fingerprint density at radius 2 is 2.04 bits per heavy atom. The average Bonchev–Trinajstić information content (AvgIpc) is 3.07. The predicted octanol–water partition coefficient (Wildman–Crippen LogP) is 2.52. The van der Waals surface area contributed by atoms with Gasteiger partial charge in [-0.25, -0.2) is 9.50 Å². The zero-order chi connectivity index (χ0) is 17.2. The molecule has 0 atom stereocenters. The van der Waals surface area contributed by atoms with Crippen LogP contribution in [0.15, 0.2) is 36.9 Å². The third kappa shape index (κ3) is 3.28. The minimum atomic E-state index is -0.157. The van der Waals surface area contributed by atoms with Crippen LogP contribution in [0.3, 0.4) is 0 Å². The van der Waals surface area contributed by atoms with E-state index in [1.165, 1.54) is 0 Å². The van der Waals surface area contributed by atoms with E-state index in [-0.39, 0.29) is 6.10 Å². The quantitative estimate of drug-likeness (QED) is 0.760. The lowest BCUT2D eigenvalue weighted by atomic mass is 9.93. The van der Waals surface area contributed by atoms with Crippen molar-refractivity contribution in [2.24, 2.45) is 0 Å². The Labute approximate surface area is 145 Å². The molecule has 0 bridgehead atoms. The summed E-state index contributed by atoms with van der Waals surface area (Å²) in [5.74, 6) is 1.53. The highest BCUT2D eigenvalue weighted by Gasteiger charge is 2.19. The number of pyridine rings is 1. The minimum Gasteiger partial charge on any atom is -0.495 e. The van der Waals surface area contributed by atoms with Crippen LogP contribution in [0, 0.1) is 0 Å². The smallest absolute Gasteiger partial charge is 0.165 e. The number of hydrogen-bond donors (Lipinski definition) is 2. The third-order valence-corrected chi connectivity index (χ3v) is 4.68. The molecule has 0 aliphatic heterocycles. The van der Waals surface area contributed by atoms with Gasteiger partial charge in [-0.2, -0.15) is 5.10 Å². The molecule has 7 heteroatoms. The van der Waals surface area contributed by atoms with E-state index in [4.69, 9.17) is 9.72 Å². The number of rotatable bonds is 4. The number of nitrogens with one attached hydrogen (secondary N) is 1. The van der Waals surface area contributed by atoms with Crippen molar-refractivity contribution in [3.8, 4) is 16.9 Å². The van der Waals surface area contributed by atoms with Crippen molar-refractivity contribution in [3.63, 3.8) is 0 Å². The number of aliphatic hydroxyl groups excluding tert-OH is 1. The van der Waals surface area contributed by atoms with Crippen molar-refractivity contribution >= 4 is 11.5 Å². The van der Waals surface area contributed by atoms with E-state index >= 15 is 0 Å². The number of hydrogen-bond acceptors (Lipinski definition) is 6. The second-order valence-corrected chi connectivity index (χ2v) is 6.40. The molecule has 7 nitrogen and oxygen atoms in total. The fourth-order valence-electron chi connectivity index (χ4n) is 3.26. The van der Waals surface area contributed by atoms with Crippen LogP contribution in [0.1, 0.15) is 25.7 Å². The summed E-state index contributed by atoms with van der Waals surface area (Å²) in [6.07, 6.45) is 10.6. The maximum atomic E-state index is 9.64. The first-order chi connectivity index (χ1) is 12.2. The van der Waals surface area contributed by atoms with E-state index < -0.39 is 0 Å². The molecular formula is C18H21N5O2. The van der Waals surface area contributed by atoms with E-state index in [2.05, 4.69) is 15.4 Å². The summed E-state index contributed by atoms with van der Waals surface area (Å²) in [5, 5.41) is 17.5. The van der Waals surface area contributed by atoms with Crippen molar-refractivity contribution in [1.82, 2.24) is 19.6 Å². The zero-order valence-corrected chi connectivity index (χ0v) is 14.1. The van der Waals surface area contributed by atoms with Crippen LogP contribution in [0.2, 0.25) is 0 Å². The summed E-state index contributed by atoms with van der Waals surface area (Å²) in [6.45, 7) is 0. The van der Waals surface area contributed by atoms with Gasteiger partial charge in [0.05, 0.1) is 25.6 Å². The molecule has 1 aliphatic rings. The lowest BCUT2D eigenvalue weighted by Crippen LogP contribution is -2.28. The molecular weight excluding hydrogens is 318 g/mol. The van der Waals surface area contributed by atoms with E-state index in [1.807, 2.05) is 18.3 Å². The fourth-order valence-corrected chi connectivity index (χ4v) is 3.26. The van der Waals surface area contributed by atoms with Crippen molar-refractivity contribution in [2.75, 3.05) is 12.4 Å². The second-order valence-electron chi connectivity index (χ2n) is 6.40. The monoisotopic (exact) mass is 339 g/mol. The summed E-state index contributed by atoms with van der Waals surface area (Å²) in [6, 6.07) is 4.20. The van der Waals surface area contributed by atoms with Crippen LogP contribution in [0.5, 0.6) is 5.75 Å². The number of aromatic nitrogens is 4. The Bertz CT molecular complexity index is 871. The molecule has 0 saturated heterocycles. The Kier molecular flexibility index (Phi) is 4.23. The number of nitrogens with zero attached hydrogens (tertiary/aromatic N) is 4. The molecule has 0 radical (unpaired) electrons. The van der Waals surface area contributed by atoms with Crippen LogP contribution < -0.4 is 10.1 Å². The summed E-state index contributed by atoms with van der Waals surface area (Å²) >= 11 is 0. The van der Waals surface area contributed by atoms with E-state index in [1.54, 1.807) is 30.2 Å². The molecule has 0 spiro atoms. The summed E-state index contributed by atoms with van der Waals surface area (Å²) < 4.78 is 7.01. The Hall–Kier alpha value is -2.67. The Morgan fingerprint density at radius 1 is 1.20 bits per heavy atom. The van der Waals surface area contributed by atoms with Gasteiger partial charge in [0.15, 0.2) is 5.65 Å². The maximum Gasteiger partial charge on any atom is 0.165 e. The number of anilines is 1. The van der Waals surface area contributed by atoms with Gasteiger partial charge in [0.2, 0.25) is 0 Å². The average molecular weight is 339 g/mol. The van der Waals surface area contributed by atoms with Gasteiger partial charge in [0, 0.05) is 29.6 Å². The molecule has 25 heavy (non-hydrogen) atoms. The van der Waals surface area contributed by atoms with Gasteiger partial charge in [-0.15, -0.1) is 0 Å². The van der Waals surface area contributed by atoms with E-state index in [0.717, 1.165) is 48.3 Å². The molecule has 1 aliphatic carbocycles. The number of fused-ring (bicyclic) bond motifs is 1. The maximum absolute atomic E-state index is 9.64. The van der Waals surface area contributed by atoms with E-state index in [0.29, 0.717) is 11.8 Å². The van der Waals surface area contributed by atoms with E-state index in [9.17, 15) is 5.11 Å². The van der Waals surface area contributed by atoms with Crippen molar-refractivity contribution in [2.45, 2.75) is 37.8 Å². The van der Waals surface area contributed by atoms with Gasteiger partial charge in [0.1, 0.15) is 11.6 Å². The van der Waals surface area contributed by atoms with Crippen LogP contribution in [-0.2, 0) is 0 Å². The Balaban J connectivity index is 1.63. The zero-order valence-electron chi connectivity index (χ0n) is 14.1. The number of aliphatic hydroxyl groups is 1. The molecule has 0 unspecified atom stereocenters. The first-order valence-electron chi connectivity index (χ1n) is 8.51. The molecule has 0 aromatic carbocycles. The van der Waals surface area contributed by atoms with Gasteiger partial charge >= 0.3 is 0 Å². The normalized spacial score (nSPS) is 20.6. The van der Waals surface area contributed by atoms with Crippen LogP contribution in [0.4, 0.5) is 5.82 Å². The molecule has 3 aromatic heterocycles. The molecule has 0 amide bonds. The Morgan fingerprint density at radius 3 is 2.84 bits per heavy atom. The third-order valence-electron chi connectivity index (χ3n) is 4.68. The highest BCUT2D eigenvalue weighted by molar-refractivity contribution is 5.77. The first kappa shape index (κ1) is 15.8. The predicted molar refractivity (Wildman–Crippen MR) is 94.7 cm³/mol. The first-order valence-corrected chi connectivity index (χ1v) is 8.51. The van der Waals surface area contributed by atoms with Gasteiger partial charge in [-0.05, 0) is 37.8 Å². The topological polar surface area (TPSA) is 84.6 Å². The van der Waals surface area contributed by atoms with Crippen LogP contribution in [-0.4, -0.2) is 43.9 Å². The van der Waals surface area contributed by atoms with Crippen molar-refractivity contribution < 1.29 is 9.84 Å². The summed E-state index contributed by atoms with van der Waals surface area (Å²) in [4.78, 5) is 8.95. The van der Waals surface area contributed by atoms with Crippen LogP contribution in [0.25, 0.3) is 16.8 Å². The second kappa shape index (κ2) is 6.68. The van der Waals surface area contributed by atoms with Crippen molar-refractivity contribution in [1.29, 1.82) is 0 Å². The number of ether oxygens (including phenoxy) is 1. The highest BCUT2D eigenvalue weighted by atomic mass is 16.5. The van der Waals surface area contributed by atoms with Crippen molar-refractivity contribution in [3.05, 3.63) is 36.9 Å². The largest absolute Gasteiger partial charge is 0.495 e. The minimum absolute atomic E-state index is 0.157. The molecule has 3 heterocycles. The molecule has 2 N–H and O–H groups in total. The van der Waals surface area contributed by atoms with Crippen LogP contribution >= 0.6 is 0 Å². The lowest BCUT2D eigenvalue weighted by Gasteiger charge is -2.26. The van der Waals surface area contributed by atoms with Gasteiger partial charge < -0.3 is 15.2 Å². The fraction of sp³-hybridized carbons (Fsp3) is 0.389. The summed E-state index contributed by atoms with van der Waals surface area (Å²) in [5.41, 5.74) is 2.60. The SMILES string of the molecule is COc1cncc(-c2cnn3ccc(NC4CCC(O)CC4)nc23)c1. The van der Waals surface area contributed by atoms with Gasteiger partial charge in [-0.3, -0.25) is 4.98 Å². The summed E-state index contributed by atoms with van der Waals surface area (Å²) in [7, 11) is 1.62. The number of methoxy groups -OCH3 is 1. The molecule has 1 fully saturated rings. The highest BCUT2D eigenvalue weighted by Crippen LogP contribution is 2.27. The van der Waals surface area contributed by atoms with Gasteiger partial charge in [-0.1, -0.05) is 0 Å². The molecule has 3 aromatic rings. The molecule has 4 rings (SSSR count).